The summed E-state index contributed by atoms with van der Waals surface area (Å²) in [6.07, 6.45) is 0.371. The molecule has 13 atom stereocenters. The summed E-state index contributed by atoms with van der Waals surface area (Å²) < 4.78 is 0. The molecule has 0 fully saturated rings. The zero-order valence-corrected chi connectivity index (χ0v) is 63.9. The molecular weight excluding hydrogens is 1510 g/mol. The Labute approximate surface area is 648 Å². The highest BCUT2D eigenvalue weighted by Crippen LogP contribution is 2.13. The molecule has 0 saturated carbocycles. The van der Waals surface area contributed by atoms with Gasteiger partial charge < -0.3 is 135 Å². The van der Waals surface area contributed by atoms with Crippen molar-refractivity contribution >= 4 is 150 Å². The van der Waals surface area contributed by atoms with Gasteiger partial charge in [-0.1, -0.05) is 50.6 Å². The lowest BCUT2D eigenvalue weighted by molar-refractivity contribution is -0.142. The van der Waals surface area contributed by atoms with E-state index in [0.717, 1.165) is 0 Å². The highest BCUT2D eigenvalue weighted by molar-refractivity contribution is 7.98. The van der Waals surface area contributed by atoms with Crippen molar-refractivity contribution in [2.75, 3.05) is 76.0 Å². The molecule has 0 aliphatic heterocycles. The number of aliphatic hydroxyl groups is 2. The summed E-state index contributed by atoms with van der Waals surface area (Å²) >= 11 is 9.26. The number of thioether (sulfide) groups is 1. The van der Waals surface area contributed by atoms with Crippen LogP contribution in [0, 0.1) is 5.92 Å². The molecule has 44 nitrogen and oxygen atoms in total. The van der Waals surface area contributed by atoms with Gasteiger partial charge in [0.15, 0.2) is 17.9 Å². The van der Waals surface area contributed by atoms with E-state index in [9.17, 15) is 97.1 Å². The summed E-state index contributed by atoms with van der Waals surface area (Å²) in [5.74, 6) is -19.0. The number of benzene rings is 1. The predicted octanol–water partition coefficient (Wildman–Crippen LogP) is -11.4. The number of hydrogen-bond donors (Lipinski definition) is 27. The molecule has 0 aromatic heterocycles. The largest absolute Gasteiger partial charge is 0.481 e. The minimum Gasteiger partial charge on any atom is -0.481 e. The van der Waals surface area contributed by atoms with Gasteiger partial charge in [-0.2, -0.15) is 37.0 Å². The summed E-state index contributed by atoms with van der Waals surface area (Å²) in [4.78, 5) is 225. The maximum atomic E-state index is 14.2. The van der Waals surface area contributed by atoms with Crippen LogP contribution in [0.1, 0.15) is 84.1 Å². The van der Waals surface area contributed by atoms with E-state index >= 15 is 0 Å². The molecule has 14 amide bonds. The molecular formula is C63H106N24O20S3. The van der Waals surface area contributed by atoms with Gasteiger partial charge >= 0.3 is 11.9 Å². The smallest absolute Gasteiger partial charge is 0.327 e. The minimum absolute atomic E-state index is 0.00509. The number of amides is 14. The Bertz CT molecular complexity index is 3350. The third-order valence-corrected chi connectivity index (χ3v) is 17.1. The normalized spacial score (nSPS) is 14.3. The van der Waals surface area contributed by atoms with E-state index in [1.54, 1.807) is 50.4 Å². The monoisotopic (exact) mass is 1610 g/mol. The van der Waals surface area contributed by atoms with Crippen LogP contribution in [0.2, 0.25) is 0 Å². The summed E-state index contributed by atoms with van der Waals surface area (Å²) in [6.45, 7) is 0.121. The molecule has 0 aliphatic rings. The van der Waals surface area contributed by atoms with Crippen LogP contribution in [0.5, 0.6) is 0 Å². The van der Waals surface area contributed by atoms with Crippen molar-refractivity contribution in [1.29, 1.82) is 0 Å². The molecule has 0 heterocycles. The fraction of sp³-hybridized carbons (Fsp3) is 0.603. The molecule has 0 spiro atoms. The van der Waals surface area contributed by atoms with Crippen LogP contribution in [0.3, 0.4) is 0 Å². The van der Waals surface area contributed by atoms with Crippen LogP contribution >= 0.6 is 37.0 Å². The molecule has 0 radical (unpaired) electrons. The molecule has 0 unspecified atom stereocenters. The topological polar surface area (TPSA) is 742 Å². The minimum atomic E-state index is -1.96. The van der Waals surface area contributed by atoms with Crippen molar-refractivity contribution in [1.82, 2.24) is 74.4 Å². The second-order valence-electron chi connectivity index (χ2n) is 24.6. The van der Waals surface area contributed by atoms with E-state index < -0.39 is 218 Å². The van der Waals surface area contributed by atoms with E-state index in [1.807, 2.05) is 0 Å². The summed E-state index contributed by atoms with van der Waals surface area (Å²) in [5, 5.41) is 72.1. The number of nitrogens with zero attached hydrogens (tertiary/aromatic N) is 3. The van der Waals surface area contributed by atoms with Crippen LogP contribution in [-0.2, 0) is 83.1 Å². The summed E-state index contributed by atoms with van der Waals surface area (Å²) in [6, 6.07) is -10.1. The van der Waals surface area contributed by atoms with E-state index in [4.69, 9.17) is 40.1 Å². The number of nitrogens with one attached hydrogen (secondary N) is 14. The molecule has 1 aromatic carbocycles. The molecule has 32 N–H and O–H groups in total. The van der Waals surface area contributed by atoms with Crippen molar-refractivity contribution in [2.24, 2.45) is 61.0 Å². The van der Waals surface area contributed by atoms with Crippen LogP contribution in [0.15, 0.2) is 45.3 Å². The molecule has 616 valence electrons. The van der Waals surface area contributed by atoms with Gasteiger partial charge in [-0.25, -0.2) is 4.79 Å². The molecule has 47 heteroatoms. The number of aliphatic imine (C=N–C) groups is 3. The lowest BCUT2D eigenvalue weighted by atomic mass is 9.97. The number of rotatable bonds is 54. The van der Waals surface area contributed by atoms with Crippen molar-refractivity contribution in [3.05, 3.63) is 35.9 Å². The molecule has 0 saturated heterocycles. The van der Waals surface area contributed by atoms with E-state index in [1.165, 1.54) is 18.7 Å². The average Bonchev–Trinajstić information content (AvgIpc) is 0.864. The molecule has 1 rings (SSSR count). The summed E-state index contributed by atoms with van der Waals surface area (Å²) in [5.41, 5.74) is 38.9. The number of guanidine groups is 3. The lowest BCUT2D eigenvalue weighted by Gasteiger charge is -2.28. The Hall–Kier alpha value is -10.5. The fourth-order valence-electron chi connectivity index (χ4n) is 9.49. The Morgan fingerprint density at radius 2 is 0.845 bits per heavy atom. The average molecular weight is 1620 g/mol. The van der Waals surface area contributed by atoms with Crippen molar-refractivity contribution in [3.63, 3.8) is 0 Å². The van der Waals surface area contributed by atoms with E-state index in [0.29, 0.717) is 5.56 Å². The first-order chi connectivity index (χ1) is 51.9. The Morgan fingerprint density at radius 1 is 0.445 bits per heavy atom. The van der Waals surface area contributed by atoms with Gasteiger partial charge in [0.25, 0.3) is 0 Å². The number of carbonyl (C=O) groups excluding carboxylic acids is 14. The van der Waals surface area contributed by atoms with Crippen LogP contribution in [0.25, 0.3) is 0 Å². The second-order valence-corrected chi connectivity index (χ2v) is 26.3. The SMILES string of the molecule is CC[C@H](C)[C@H](NC(=O)[C@H](CCCN=C(N)N)NC(=O)[C@H](CC(=O)O)NC(=O)[C@H](CCSC)NC(=O)[C@H](CCCN=C(N)N)NC(=O)CNC(=O)CNC(=O)[C@H](Cc1ccccc1)NC(=O)[C@H](CS)NC(=O)[C@H](CO)NC(=O)[C@H](CO)NC(=O)[C@@H](N)CCCN=C(N)N)C(=O)NCC(=O)N[C@@H](C)C(=O)N[C@@H](CS)C(=O)O. The van der Waals surface area contributed by atoms with Gasteiger partial charge in [-0.15, -0.1) is 0 Å². The number of thiol groups is 2. The first kappa shape index (κ1) is 97.5. The maximum Gasteiger partial charge on any atom is 0.327 e. The fourth-order valence-corrected chi connectivity index (χ4v) is 10.5. The standard InChI is InChI=1S/C63H106N24O20S3/c1-5-31(2)48(59(105)76-26-45(91)77-32(3)49(95)86-43(30-109)60(106)107)87-54(100)36(16-11-20-73-63(69)70)79-55(101)39(23-47(93)94)82-53(99)37(17-21-110-4)80-52(98)35(15-10-19-72-62(67)68)78-46(92)25-74-44(90)24-75-51(97)38(22-33-12-7-6-8-13-33)81-58(104)42(29-108)85-57(103)41(28-89)84-56(102)40(27-88)83-50(96)34(64)14-9-18-71-61(65)66/h6-8,12-13,31-32,34-43,48,88-89,108-109H,5,9-11,14-30,64H2,1-4H3,(H,74,90)(H,75,97)(H,76,105)(H,77,91)(H,78,92)(H,79,101)(H,80,98)(H,81,104)(H,82,99)(H,83,96)(H,84,102)(H,85,103)(H,86,95)(H,87,100)(H,93,94)(H,106,107)(H4,65,66,71)(H4,67,68,72)(H4,69,70,73)/t31-,32-,34-,35-,36-,37-,38-,39-,40-,41-,42-,43-,48-/m0/s1. The van der Waals surface area contributed by atoms with Gasteiger partial charge in [0.1, 0.15) is 66.5 Å². The molecule has 0 bridgehead atoms. The molecule has 1 aromatic rings. The highest BCUT2D eigenvalue weighted by Gasteiger charge is 2.37. The van der Waals surface area contributed by atoms with E-state index in [-0.39, 0.29) is 107 Å². The van der Waals surface area contributed by atoms with Crippen LogP contribution in [-0.4, -0.2) is 281 Å². The molecule has 110 heavy (non-hydrogen) atoms. The number of carboxylic acid groups (broad SMARTS) is 2. The number of aliphatic hydroxyl groups excluding tert-OH is 2. The number of aliphatic carboxylic acids is 2. The van der Waals surface area contributed by atoms with Crippen molar-refractivity contribution < 1.29 is 97.1 Å². The highest BCUT2D eigenvalue weighted by atomic mass is 32.2. The lowest BCUT2D eigenvalue weighted by Crippen LogP contribution is -2.60. The van der Waals surface area contributed by atoms with Crippen molar-refractivity contribution in [3.8, 4) is 0 Å². The van der Waals surface area contributed by atoms with Gasteiger partial charge in [0.05, 0.1) is 45.3 Å². The first-order valence-corrected chi connectivity index (χ1v) is 37.1. The summed E-state index contributed by atoms with van der Waals surface area (Å²) in [7, 11) is 0. The van der Waals surface area contributed by atoms with E-state index in [2.05, 4.69) is 115 Å². The Morgan fingerprint density at radius 3 is 1.34 bits per heavy atom. The zero-order valence-electron chi connectivity index (χ0n) is 61.2. The van der Waals surface area contributed by atoms with Gasteiger partial charge in [-0.3, -0.25) is 86.9 Å². The third kappa shape index (κ3) is 39.5. The van der Waals surface area contributed by atoms with Gasteiger partial charge in [0, 0.05) is 37.6 Å². The number of hydrogen-bond acceptors (Lipinski definition) is 25. The number of carbonyl (C=O) groups is 16. The van der Waals surface area contributed by atoms with Crippen molar-refractivity contribution in [2.45, 2.75) is 157 Å². The Balaban J connectivity index is 3.37. The number of carboxylic acids is 2. The molecule has 0 aliphatic carbocycles. The van der Waals surface area contributed by atoms with Gasteiger partial charge in [0.2, 0.25) is 82.7 Å². The number of nitrogens with two attached hydrogens (primary N) is 7. The Kier molecular flexibility index (Phi) is 47.3. The van der Waals surface area contributed by atoms with Crippen LogP contribution < -0.4 is 115 Å². The third-order valence-electron chi connectivity index (χ3n) is 15.8. The first-order valence-electron chi connectivity index (χ1n) is 34.4. The van der Waals surface area contributed by atoms with Gasteiger partial charge in [-0.05, 0) is 75.4 Å². The quantitative estimate of drug-likeness (QED) is 0.0125. The maximum absolute atomic E-state index is 14.2. The zero-order chi connectivity index (χ0) is 83.2. The van der Waals surface area contributed by atoms with Crippen LogP contribution in [0.4, 0.5) is 0 Å². The predicted molar refractivity (Wildman–Crippen MR) is 408 cm³/mol. The second kappa shape index (κ2) is 53.3.